The second-order valence-corrected chi connectivity index (χ2v) is 8.99. The Kier molecular flexibility index (Phi) is 7.47. The van der Waals surface area contributed by atoms with Gasteiger partial charge in [0.1, 0.15) is 0 Å². The van der Waals surface area contributed by atoms with Crippen LogP contribution in [-0.4, -0.2) is 43.5 Å². The molecule has 3 aromatic rings. The minimum Gasteiger partial charge on any atom is -0.490 e. The lowest BCUT2D eigenvalue weighted by Gasteiger charge is -2.11. The molecule has 32 heavy (non-hydrogen) atoms. The molecular weight excluding hydrogens is 434 g/mol. The smallest absolute Gasteiger partial charge is 0.322 e. The zero-order chi connectivity index (χ0) is 23.1. The first-order chi connectivity index (χ1) is 15.4. The Morgan fingerprint density at radius 2 is 1.66 bits per heavy atom. The molecule has 1 amide bonds. The van der Waals surface area contributed by atoms with Gasteiger partial charge in [0.25, 0.3) is 0 Å². The molecule has 10 heteroatoms. The number of benzene rings is 2. The molecule has 0 fully saturated rings. The number of hydrogen-bond acceptors (Lipinski definition) is 8. The third-order valence-corrected chi connectivity index (χ3v) is 6.24. The van der Waals surface area contributed by atoms with E-state index in [-0.39, 0.29) is 34.9 Å². The number of carbonyl (C=O) groups excluding carboxylic acids is 1. The van der Waals surface area contributed by atoms with Gasteiger partial charge >= 0.3 is 6.01 Å². The van der Waals surface area contributed by atoms with Crippen LogP contribution in [0.4, 0.5) is 6.01 Å². The molecule has 0 atom stereocenters. The summed E-state index contributed by atoms with van der Waals surface area (Å²) in [5, 5.41) is 10.4. The Hall–Kier alpha value is -3.40. The monoisotopic (exact) mass is 459 g/mol. The number of ether oxygens (including phenoxy) is 2. The topological polar surface area (TPSA) is 121 Å². The van der Waals surface area contributed by atoms with E-state index < -0.39 is 9.84 Å². The van der Waals surface area contributed by atoms with Crippen LogP contribution in [-0.2, 0) is 21.1 Å². The fourth-order valence-electron chi connectivity index (χ4n) is 2.90. The minimum absolute atomic E-state index is 0.0206. The molecular formula is C22H25N3O6S. The molecule has 0 saturated heterocycles. The summed E-state index contributed by atoms with van der Waals surface area (Å²) in [7, 11) is -3.28. The molecule has 2 aromatic carbocycles. The van der Waals surface area contributed by atoms with Crippen LogP contribution in [0.1, 0.15) is 26.3 Å². The predicted octanol–water partition coefficient (Wildman–Crippen LogP) is 3.51. The van der Waals surface area contributed by atoms with Gasteiger partial charge in [-0.15, -0.1) is 5.10 Å². The molecule has 0 aliphatic carbocycles. The number of aromatic nitrogens is 2. The van der Waals surface area contributed by atoms with Crippen molar-refractivity contribution in [3.8, 4) is 23.0 Å². The summed E-state index contributed by atoms with van der Waals surface area (Å²) in [5.74, 6) is 1.05. The molecule has 1 heterocycles. The van der Waals surface area contributed by atoms with E-state index >= 15 is 0 Å². The Morgan fingerprint density at radius 1 is 0.969 bits per heavy atom. The Labute approximate surface area is 186 Å². The number of carbonyl (C=O) groups is 1. The number of amides is 1. The number of rotatable bonds is 10. The quantitative estimate of drug-likeness (QED) is 0.489. The second kappa shape index (κ2) is 10.3. The van der Waals surface area contributed by atoms with Gasteiger partial charge in [0.15, 0.2) is 21.3 Å². The highest BCUT2D eigenvalue weighted by atomic mass is 32.2. The van der Waals surface area contributed by atoms with Crippen molar-refractivity contribution < 1.29 is 27.1 Å². The summed E-state index contributed by atoms with van der Waals surface area (Å²) in [6.45, 7) is 6.32. The number of anilines is 1. The summed E-state index contributed by atoms with van der Waals surface area (Å²) in [4.78, 5) is 12.6. The highest BCUT2D eigenvalue weighted by molar-refractivity contribution is 7.91. The molecule has 0 radical (unpaired) electrons. The lowest BCUT2D eigenvalue weighted by molar-refractivity contribution is -0.115. The van der Waals surface area contributed by atoms with Gasteiger partial charge in [0.2, 0.25) is 11.8 Å². The molecule has 0 saturated carbocycles. The number of nitrogens with one attached hydrogen (secondary N) is 1. The van der Waals surface area contributed by atoms with Crippen molar-refractivity contribution in [3.63, 3.8) is 0 Å². The molecule has 0 bridgehead atoms. The first kappa shape index (κ1) is 23.3. The highest BCUT2D eigenvalue weighted by Gasteiger charge is 2.15. The van der Waals surface area contributed by atoms with Crippen LogP contribution in [0.5, 0.6) is 11.5 Å². The van der Waals surface area contributed by atoms with Crippen molar-refractivity contribution in [3.05, 3.63) is 48.0 Å². The van der Waals surface area contributed by atoms with Crippen molar-refractivity contribution in [2.24, 2.45) is 0 Å². The van der Waals surface area contributed by atoms with E-state index in [1.54, 1.807) is 37.3 Å². The first-order valence-electron chi connectivity index (χ1n) is 10.2. The van der Waals surface area contributed by atoms with Crippen molar-refractivity contribution in [1.29, 1.82) is 0 Å². The first-order valence-corrected chi connectivity index (χ1v) is 11.9. The summed E-state index contributed by atoms with van der Waals surface area (Å²) in [6.07, 6.45) is 0.0295. The van der Waals surface area contributed by atoms with Gasteiger partial charge in [-0.2, -0.15) is 0 Å². The van der Waals surface area contributed by atoms with Crippen LogP contribution in [0.2, 0.25) is 0 Å². The average Bonchev–Trinajstić information content (AvgIpc) is 3.24. The summed E-state index contributed by atoms with van der Waals surface area (Å²) >= 11 is 0. The molecule has 9 nitrogen and oxygen atoms in total. The zero-order valence-electron chi connectivity index (χ0n) is 18.1. The van der Waals surface area contributed by atoms with Gasteiger partial charge < -0.3 is 13.9 Å². The predicted molar refractivity (Wildman–Crippen MR) is 119 cm³/mol. The van der Waals surface area contributed by atoms with Crippen LogP contribution in [0.25, 0.3) is 11.5 Å². The van der Waals surface area contributed by atoms with Crippen molar-refractivity contribution >= 4 is 21.8 Å². The summed E-state index contributed by atoms with van der Waals surface area (Å²) in [6, 6.07) is 11.4. The van der Waals surface area contributed by atoms with E-state index in [4.69, 9.17) is 13.9 Å². The van der Waals surface area contributed by atoms with E-state index in [0.717, 1.165) is 0 Å². The fraction of sp³-hybridized carbons (Fsp3) is 0.318. The van der Waals surface area contributed by atoms with Crippen molar-refractivity contribution in [2.75, 3.05) is 24.3 Å². The molecule has 0 aliphatic rings. The van der Waals surface area contributed by atoms with E-state index in [2.05, 4.69) is 15.5 Å². The van der Waals surface area contributed by atoms with Crippen molar-refractivity contribution in [1.82, 2.24) is 10.2 Å². The molecule has 170 valence electrons. The number of nitrogens with zero attached hydrogens (tertiary/aromatic N) is 2. The third kappa shape index (κ3) is 5.64. The normalized spacial score (nSPS) is 11.2. The maximum atomic E-state index is 12.3. The molecule has 3 rings (SSSR count). The molecule has 0 spiro atoms. The summed E-state index contributed by atoms with van der Waals surface area (Å²) in [5.41, 5.74) is 1.28. The Balaban J connectivity index is 1.67. The van der Waals surface area contributed by atoms with Crippen molar-refractivity contribution in [2.45, 2.75) is 32.1 Å². The fourth-order valence-corrected chi connectivity index (χ4v) is 3.79. The van der Waals surface area contributed by atoms with E-state index in [1.165, 1.54) is 12.1 Å². The van der Waals surface area contributed by atoms with Crippen LogP contribution < -0.4 is 14.8 Å². The van der Waals surface area contributed by atoms with E-state index in [9.17, 15) is 13.2 Å². The van der Waals surface area contributed by atoms with Crippen LogP contribution in [0.15, 0.2) is 51.8 Å². The third-order valence-electron chi connectivity index (χ3n) is 4.49. The van der Waals surface area contributed by atoms with Gasteiger partial charge in [-0.25, -0.2) is 8.42 Å². The van der Waals surface area contributed by atoms with Gasteiger partial charge in [0.05, 0.1) is 30.3 Å². The lowest BCUT2D eigenvalue weighted by atomic mass is 10.1. The molecule has 1 N–H and O–H groups in total. The maximum absolute atomic E-state index is 12.3. The SMILES string of the molecule is CCOc1ccc(-c2nnc(NC(=O)Cc3ccc(S(=O)(=O)CC)cc3)o2)cc1OCC. The molecule has 0 unspecified atom stereocenters. The van der Waals surface area contributed by atoms with Crippen LogP contribution in [0.3, 0.4) is 0 Å². The van der Waals surface area contributed by atoms with Gasteiger partial charge in [-0.05, 0) is 49.7 Å². The van der Waals surface area contributed by atoms with Crippen LogP contribution in [0, 0.1) is 0 Å². The standard InChI is InChI=1S/C22H25N3O6S/c1-4-29-18-12-9-16(14-19(18)30-5-2)21-24-25-22(31-21)23-20(26)13-15-7-10-17(11-8-15)32(27,28)6-3/h7-12,14H,4-6,13H2,1-3H3,(H,23,25,26). The molecule has 0 aliphatic heterocycles. The lowest BCUT2D eigenvalue weighted by Crippen LogP contribution is -2.14. The number of hydrogen-bond donors (Lipinski definition) is 1. The second-order valence-electron chi connectivity index (χ2n) is 6.71. The Bertz CT molecular complexity index is 1170. The van der Waals surface area contributed by atoms with Crippen LogP contribution >= 0.6 is 0 Å². The Morgan fingerprint density at radius 3 is 2.31 bits per heavy atom. The zero-order valence-corrected chi connectivity index (χ0v) is 18.9. The minimum atomic E-state index is -3.28. The van der Waals surface area contributed by atoms with Gasteiger partial charge in [-0.1, -0.05) is 24.2 Å². The maximum Gasteiger partial charge on any atom is 0.322 e. The average molecular weight is 460 g/mol. The van der Waals surface area contributed by atoms with Gasteiger partial charge in [-0.3, -0.25) is 10.1 Å². The number of sulfone groups is 1. The van der Waals surface area contributed by atoms with E-state index in [1.807, 2.05) is 13.8 Å². The molecule has 1 aromatic heterocycles. The largest absolute Gasteiger partial charge is 0.490 e. The van der Waals surface area contributed by atoms with Gasteiger partial charge in [0, 0.05) is 5.56 Å². The highest BCUT2D eigenvalue weighted by Crippen LogP contribution is 2.32. The van der Waals surface area contributed by atoms with E-state index in [0.29, 0.717) is 35.8 Å². The summed E-state index contributed by atoms with van der Waals surface area (Å²) < 4.78 is 40.5.